The van der Waals surface area contributed by atoms with E-state index < -0.39 is 5.24 Å². The lowest BCUT2D eigenvalue weighted by atomic mass is 10.2. The summed E-state index contributed by atoms with van der Waals surface area (Å²) in [7, 11) is 0. The highest BCUT2D eigenvalue weighted by atomic mass is 35.5. The zero-order valence-corrected chi connectivity index (χ0v) is 11.3. The molecule has 1 aromatic carbocycles. The molecule has 3 aromatic rings. The highest BCUT2D eigenvalue weighted by molar-refractivity contribution is 6.67. The number of carbonyl (C=O) groups is 1. The number of aromatic nitrogens is 2. The van der Waals surface area contributed by atoms with Crippen LogP contribution in [0.15, 0.2) is 41.2 Å². The summed E-state index contributed by atoms with van der Waals surface area (Å²) >= 11 is 5.48. The minimum absolute atomic E-state index is 0.164. The van der Waals surface area contributed by atoms with Crippen molar-refractivity contribution in [1.29, 1.82) is 0 Å². The third kappa shape index (κ3) is 1.84. The van der Waals surface area contributed by atoms with Gasteiger partial charge in [-0.1, -0.05) is 12.1 Å². The number of para-hydroxylation sites is 1. The van der Waals surface area contributed by atoms with E-state index in [2.05, 4.69) is 4.98 Å². The molecule has 1 aliphatic rings. The molecule has 2 heterocycles. The highest BCUT2D eigenvalue weighted by Crippen LogP contribution is 2.39. The number of rotatable bonds is 3. The van der Waals surface area contributed by atoms with Crippen molar-refractivity contribution < 1.29 is 9.21 Å². The SMILES string of the molecule is O=C(Cl)c1cc2cccc(-n3cnc(C4CC4)c3)c2o1. The van der Waals surface area contributed by atoms with Gasteiger partial charge in [0.1, 0.15) is 0 Å². The van der Waals surface area contributed by atoms with Crippen molar-refractivity contribution in [3.8, 4) is 5.69 Å². The summed E-state index contributed by atoms with van der Waals surface area (Å²) < 4.78 is 7.50. The van der Waals surface area contributed by atoms with E-state index in [4.69, 9.17) is 16.0 Å². The second-order valence-electron chi connectivity index (χ2n) is 5.06. The van der Waals surface area contributed by atoms with Crippen molar-refractivity contribution in [3.05, 3.63) is 48.2 Å². The van der Waals surface area contributed by atoms with Gasteiger partial charge in [0.2, 0.25) is 0 Å². The van der Waals surface area contributed by atoms with Gasteiger partial charge >= 0.3 is 0 Å². The smallest absolute Gasteiger partial charge is 0.287 e. The molecule has 0 atom stereocenters. The molecule has 0 N–H and O–H groups in total. The van der Waals surface area contributed by atoms with E-state index in [0.717, 1.165) is 16.8 Å². The first-order chi connectivity index (χ1) is 9.72. The Labute approximate surface area is 120 Å². The summed E-state index contributed by atoms with van der Waals surface area (Å²) in [4.78, 5) is 15.6. The van der Waals surface area contributed by atoms with E-state index in [1.165, 1.54) is 12.8 Å². The van der Waals surface area contributed by atoms with E-state index in [9.17, 15) is 4.79 Å². The molecule has 1 aliphatic carbocycles. The second kappa shape index (κ2) is 4.21. The lowest BCUT2D eigenvalue weighted by Crippen LogP contribution is -1.90. The Morgan fingerprint density at radius 3 is 3.00 bits per heavy atom. The Bertz CT molecular complexity index is 814. The zero-order valence-electron chi connectivity index (χ0n) is 10.5. The predicted molar refractivity (Wildman–Crippen MR) is 75.5 cm³/mol. The number of furan rings is 1. The Kier molecular flexibility index (Phi) is 2.47. The van der Waals surface area contributed by atoms with Crippen LogP contribution in [0.2, 0.25) is 0 Å². The first-order valence-electron chi connectivity index (χ1n) is 6.49. The molecule has 2 aromatic heterocycles. The molecule has 100 valence electrons. The van der Waals surface area contributed by atoms with Gasteiger partial charge < -0.3 is 8.98 Å². The number of imidazole rings is 1. The number of hydrogen-bond acceptors (Lipinski definition) is 3. The van der Waals surface area contributed by atoms with Gasteiger partial charge in [0.05, 0.1) is 17.7 Å². The van der Waals surface area contributed by atoms with E-state index in [0.29, 0.717) is 11.5 Å². The number of carbonyl (C=O) groups excluding carboxylic acids is 1. The Morgan fingerprint density at radius 1 is 1.40 bits per heavy atom. The summed E-state index contributed by atoms with van der Waals surface area (Å²) in [6.07, 6.45) is 6.24. The number of benzene rings is 1. The van der Waals surface area contributed by atoms with E-state index in [-0.39, 0.29) is 5.76 Å². The predicted octanol–water partition coefficient (Wildman–Crippen LogP) is 3.87. The molecule has 0 unspecified atom stereocenters. The van der Waals surface area contributed by atoms with Crippen LogP contribution in [0.4, 0.5) is 0 Å². The molecular formula is C15H11ClN2O2. The minimum atomic E-state index is -0.587. The average Bonchev–Trinajstić information content (AvgIpc) is 3.02. The molecular weight excluding hydrogens is 276 g/mol. The fourth-order valence-electron chi connectivity index (χ4n) is 2.41. The van der Waals surface area contributed by atoms with Crippen molar-refractivity contribution in [2.45, 2.75) is 18.8 Å². The largest absolute Gasteiger partial charge is 0.449 e. The number of halogens is 1. The topological polar surface area (TPSA) is 48.0 Å². The van der Waals surface area contributed by atoms with Gasteiger partial charge in [-0.05, 0) is 36.6 Å². The quantitative estimate of drug-likeness (QED) is 0.687. The molecule has 0 bridgehead atoms. The molecule has 4 rings (SSSR count). The zero-order chi connectivity index (χ0) is 13.7. The van der Waals surface area contributed by atoms with Crippen LogP contribution in [-0.2, 0) is 0 Å². The molecule has 0 saturated heterocycles. The van der Waals surface area contributed by atoms with Gasteiger partial charge in [0, 0.05) is 17.5 Å². The van der Waals surface area contributed by atoms with Crippen LogP contribution in [0.5, 0.6) is 0 Å². The highest BCUT2D eigenvalue weighted by Gasteiger charge is 2.26. The summed E-state index contributed by atoms with van der Waals surface area (Å²) in [6, 6.07) is 7.41. The van der Waals surface area contributed by atoms with Crippen molar-refractivity contribution in [3.63, 3.8) is 0 Å². The molecule has 0 spiro atoms. The fourth-order valence-corrected chi connectivity index (χ4v) is 2.50. The molecule has 0 radical (unpaired) electrons. The van der Waals surface area contributed by atoms with Gasteiger partial charge in [-0.15, -0.1) is 0 Å². The number of nitrogens with zero attached hydrogens (tertiary/aromatic N) is 2. The minimum Gasteiger partial charge on any atom is -0.449 e. The third-order valence-electron chi connectivity index (χ3n) is 3.59. The van der Waals surface area contributed by atoms with Crippen LogP contribution in [0.1, 0.15) is 35.0 Å². The monoisotopic (exact) mass is 286 g/mol. The summed E-state index contributed by atoms with van der Waals surface area (Å²) in [6.45, 7) is 0. The number of fused-ring (bicyclic) bond motifs is 1. The van der Waals surface area contributed by atoms with Gasteiger partial charge in [-0.2, -0.15) is 0 Å². The summed E-state index contributed by atoms with van der Waals surface area (Å²) in [5.74, 6) is 0.767. The lowest BCUT2D eigenvalue weighted by Gasteiger charge is -2.02. The van der Waals surface area contributed by atoms with Gasteiger partial charge in [0.15, 0.2) is 11.3 Å². The molecule has 1 saturated carbocycles. The normalized spacial score (nSPS) is 14.8. The molecule has 20 heavy (non-hydrogen) atoms. The second-order valence-corrected chi connectivity index (χ2v) is 5.40. The average molecular weight is 287 g/mol. The van der Waals surface area contributed by atoms with Crippen LogP contribution >= 0.6 is 11.6 Å². The Hall–Kier alpha value is -2.07. The van der Waals surface area contributed by atoms with Crippen LogP contribution in [0, 0.1) is 0 Å². The maximum Gasteiger partial charge on any atom is 0.287 e. The molecule has 1 fully saturated rings. The van der Waals surface area contributed by atoms with Gasteiger partial charge in [-0.25, -0.2) is 4.98 Å². The molecule has 4 nitrogen and oxygen atoms in total. The first kappa shape index (κ1) is 11.7. The van der Waals surface area contributed by atoms with E-state index >= 15 is 0 Å². The van der Waals surface area contributed by atoms with Crippen molar-refractivity contribution in [2.75, 3.05) is 0 Å². The number of hydrogen-bond donors (Lipinski definition) is 0. The fraction of sp³-hybridized carbons (Fsp3) is 0.200. The molecule has 5 heteroatoms. The maximum atomic E-state index is 11.2. The van der Waals surface area contributed by atoms with Crippen LogP contribution in [0.25, 0.3) is 16.7 Å². The van der Waals surface area contributed by atoms with Gasteiger partial charge in [0.25, 0.3) is 5.24 Å². The lowest BCUT2D eigenvalue weighted by molar-refractivity contribution is 0.105. The first-order valence-corrected chi connectivity index (χ1v) is 6.87. The molecule has 0 aliphatic heterocycles. The van der Waals surface area contributed by atoms with E-state index in [1.54, 1.807) is 12.4 Å². The Balaban J connectivity index is 1.86. The van der Waals surface area contributed by atoms with Crippen molar-refractivity contribution in [1.82, 2.24) is 9.55 Å². The van der Waals surface area contributed by atoms with Gasteiger partial charge in [-0.3, -0.25) is 4.79 Å². The van der Waals surface area contributed by atoms with Crippen molar-refractivity contribution in [2.24, 2.45) is 0 Å². The third-order valence-corrected chi connectivity index (χ3v) is 3.78. The molecule has 0 amide bonds. The van der Waals surface area contributed by atoms with Crippen LogP contribution in [-0.4, -0.2) is 14.8 Å². The van der Waals surface area contributed by atoms with Crippen LogP contribution < -0.4 is 0 Å². The summed E-state index contributed by atoms with van der Waals surface area (Å²) in [5, 5.41) is 0.268. The van der Waals surface area contributed by atoms with Crippen LogP contribution in [0.3, 0.4) is 0 Å². The van der Waals surface area contributed by atoms with Crippen molar-refractivity contribution >= 4 is 27.8 Å². The Morgan fingerprint density at radius 2 is 2.25 bits per heavy atom. The summed E-state index contributed by atoms with van der Waals surface area (Å²) in [5.41, 5.74) is 2.63. The standard InChI is InChI=1S/C15H11ClN2O2/c16-15(19)13-6-10-2-1-3-12(14(10)20-13)18-7-11(17-8-18)9-4-5-9/h1-3,6-9H,4-5H2. The van der Waals surface area contributed by atoms with E-state index in [1.807, 2.05) is 29.0 Å². The maximum absolute atomic E-state index is 11.2.